The fraction of sp³-hybridized carbons (Fsp3) is 0.438. The fourth-order valence-corrected chi connectivity index (χ4v) is 2.92. The summed E-state index contributed by atoms with van der Waals surface area (Å²) in [6.45, 7) is 5.72. The second kappa shape index (κ2) is 7.96. The van der Waals surface area contributed by atoms with Gasteiger partial charge in [0, 0.05) is 24.2 Å². The van der Waals surface area contributed by atoms with E-state index in [2.05, 4.69) is 20.9 Å². The highest BCUT2D eigenvalue weighted by Gasteiger charge is 2.14. The minimum atomic E-state index is -0.269. The Morgan fingerprint density at radius 2 is 2.04 bits per heavy atom. The predicted octanol–water partition coefficient (Wildman–Crippen LogP) is 3.57. The molecule has 0 spiro atoms. The molecule has 3 N–H and O–H groups in total. The van der Waals surface area contributed by atoms with E-state index in [4.69, 9.17) is 4.74 Å². The maximum absolute atomic E-state index is 12.0. The largest absolute Gasteiger partial charge is 0.494 e. The molecule has 0 radical (unpaired) electrons. The standard InChI is InChI=1S/C16H22N4O3S/c1-5-9(3)17-15(22)18-10-7-11(23-4)14-12(8-10)24-16(20-14)19-13(21)6-2/h7-9H,5-6H2,1-4H3,(H2,17,18,22)(H,19,20,21)/t9-/m0/s1. The Morgan fingerprint density at radius 1 is 1.29 bits per heavy atom. The number of thiazole rings is 1. The molecular formula is C16H22N4O3S. The van der Waals surface area contributed by atoms with Gasteiger partial charge in [-0.3, -0.25) is 4.79 Å². The van der Waals surface area contributed by atoms with Gasteiger partial charge in [0.15, 0.2) is 5.13 Å². The number of hydrogen-bond acceptors (Lipinski definition) is 5. The summed E-state index contributed by atoms with van der Waals surface area (Å²) in [4.78, 5) is 27.9. The van der Waals surface area contributed by atoms with Crippen LogP contribution in [0.4, 0.5) is 15.6 Å². The molecule has 7 nitrogen and oxygen atoms in total. The van der Waals surface area contributed by atoms with Gasteiger partial charge in [-0.1, -0.05) is 25.2 Å². The summed E-state index contributed by atoms with van der Waals surface area (Å²) in [6, 6.07) is 3.35. The molecule has 1 aromatic heterocycles. The zero-order valence-corrected chi connectivity index (χ0v) is 15.0. The summed E-state index contributed by atoms with van der Waals surface area (Å²) < 4.78 is 6.18. The van der Waals surface area contributed by atoms with Gasteiger partial charge in [0.2, 0.25) is 5.91 Å². The molecule has 130 valence electrons. The highest BCUT2D eigenvalue weighted by atomic mass is 32.1. The highest BCUT2D eigenvalue weighted by molar-refractivity contribution is 7.22. The first-order valence-corrected chi connectivity index (χ1v) is 8.64. The summed E-state index contributed by atoms with van der Waals surface area (Å²) in [5.41, 5.74) is 1.26. The van der Waals surface area contributed by atoms with Crippen molar-refractivity contribution in [2.75, 3.05) is 17.7 Å². The molecule has 0 aliphatic rings. The lowest BCUT2D eigenvalue weighted by Gasteiger charge is -2.13. The van der Waals surface area contributed by atoms with E-state index in [1.807, 2.05) is 19.9 Å². The summed E-state index contributed by atoms with van der Waals surface area (Å²) in [7, 11) is 1.54. The van der Waals surface area contributed by atoms with Crippen LogP contribution < -0.4 is 20.7 Å². The second-order valence-corrected chi connectivity index (χ2v) is 6.38. The van der Waals surface area contributed by atoms with Gasteiger partial charge in [-0.2, -0.15) is 0 Å². The highest BCUT2D eigenvalue weighted by Crippen LogP contribution is 2.35. The molecule has 2 aromatic rings. The quantitative estimate of drug-likeness (QED) is 0.742. The second-order valence-electron chi connectivity index (χ2n) is 5.35. The monoisotopic (exact) mass is 350 g/mol. The van der Waals surface area contributed by atoms with Crippen molar-refractivity contribution in [2.45, 2.75) is 39.7 Å². The molecule has 0 unspecified atom stereocenters. The molecule has 1 aromatic carbocycles. The molecule has 0 saturated carbocycles. The Kier molecular flexibility index (Phi) is 5.97. The average Bonchev–Trinajstić information content (AvgIpc) is 2.95. The van der Waals surface area contributed by atoms with Gasteiger partial charge in [-0.05, 0) is 19.4 Å². The maximum Gasteiger partial charge on any atom is 0.319 e. The first-order chi connectivity index (χ1) is 11.5. The molecule has 0 fully saturated rings. The van der Waals surface area contributed by atoms with Gasteiger partial charge >= 0.3 is 6.03 Å². The number of fused-ring (bicyclic) bond motifs is 1. The number of urea groups is 1. The normalized spacial score (nSPS) is 11.8. The molecule has 0 saturated heterocycles. The smallest absolute Gasteiger partial charge is 0.319 e. The number of carbonyl (C=O) groups is 2. The van der Waals surface area contributed by atoms with Crippen LogP contribution in [-0.2, 0) is 4.79 Å². The summed E-state index contributed by atoms with van der Waals surface area (Å²) >= 11 is 1.34. The SMILES string of the molecule is CCC(=O)Nc1nc2c(OC)cc(NC(=O)N[C@@H](C)CC)cc2s1. The third-order valence-corrected chi connectivity index (χ3v) is 4.41. The van der Waals surface area contributed by atoms with Crippen molar-refractivity contribution in [3.63, 3.8) is 0 Å². The van der Waals surface area contributed by atoms with Crippen molar-refractivity contribution in [1.82, 2.24) is 10.3 Å². The predicted molar refractivity (Wildman–Crippen MR) is 97.0 cm³/mol. The van der Waals surface area contributed by atoms with E-state index in [1.165, 1.54) is 11.3 Å². The van der Waals surface area contributed by atoms with Gasteiger partial charge in [-0.25, -0.2) is 9.78 Å². The average molecular weight is 350 g/mol. The maximum atomic E-state index is 12.0. The molecule has 1 atom stereocenters. The van der Waals surface area contributed by atoms with Crippen molar-refractivity contribution in [3.8, 4) is 5.75 Å². The van der Waals surface area contributed by atoms with E-state index in [0.717, 1.165) is 11.1 Å². The number of methoxy groups -OCH3 is 1. The zero-order valence-electron chi connectivity index (χ0n) is 14.2. The van der Waals surface area contributed by atoms with Gasteiger partial charge < -0.3 is 20.7 Å². The van der Waals surface area contributed by atoms with Crippen LogP contribution in [0.5, 0.6) is 5.75 Å². The zero-order chi connectivity index (χ0) is 17.7. The van der Waals surface area contributed by atoms with Crippen LogP contribution in [0.2, 0.25) is 0 Å². The molecule has 24 heavy (non-hydrogen) atoms. The molecule has 0 aliphatic heterocycles. The van der Waals surface area contributed by atoms with Crippen molar-refractivity contribution in [1.29, 1.82) is 0 Å². The minimum absolute atomic E-state index is 0.0925. The topological polar surface area (TPSA) is 92.3 Å². The molecule has 0 aliphatic carbocycles. The van der Waals surface area contributed by atoms with Crippen LogP contribution in [0, 0.1) is 0 Å². The van der Waals surface area contributed by atoms with Gasteiger partial charge in [-0.15, -0.1) is 0 Å². The Balaban J connectivity index is 2.26. The minimum Gasteiger partial charge on any atom is -0.494 e. The van der Waals surface area contributed by atoms with E-state index in [-0.39, 0.29) is 18.0 Å². The van der Waals surface area contributed by atoms with Crippen LogP contribution in [0.3, 0.4) is 0 Å². The van der Waals surface area contributed by atoms with Crippen molar-refractivity contribution < 1.29 is 14.3 Å². The number of anilines is 2. The lowest BCUT2D eigenvalue weighted by Crippen LogP contribution is -2.35. The number of hydrogen-bond donors (Lipinski definition) is 3. The molecule has 0 bridgehead atoms. The third kappa shape index (κ3) is 4.35. The van der Waals surface area contributed by atoms with Crippen LogP contribution in [0.25, 0.3) is 10.2 Å². The van der Waals surface area contributed by atoms with E-state index in [1.54, 1.807) is 20.1 Å². The number of rotatable bonds is 6. The van der Waals surface area contributed by atoms with Gasteiger partial charge in [0.25, 0.3) is 0 Å². The van der Waals surface area contributed by atoms with Crippen LogP contribution in [0.1, 0.15) is 33.6 Å². The lowest BCUT2D eigenvalue weighted by atomic mass is 10.2. The van der Waals surface area contributed by atoms with Gasteiger partial charge in [0.05, 0.1) is 11.8 Å². The Hall–Kier alpha value is -2.35. The first kappa shape index (κ1) is 18.0. The van der Waals surface area contributed by atoms with Crippen LogP contribution in [0.15, 0.2) is 12.1 Å². The number of benzene rings is 1. The van der Waals surface area contributed by atoms with Crippen LogP contribution >= 0.6 is 11.3 Å². The van der Waals surface area contributed by atoms with Crippen molar-refractivity contribution >= 4 is 44.3 Å². The first-order valence-electron chi connectivity index (χ1n) is 7.82. The van der Waals surface area contributed by atoms with Crippen LogP contribution in [-0.4, -0.2) is 30.1 Å². The Bertz CT molecular complexity index is 744. The van der Waals surface area contributed by atoms with E-state index in [9.17, 15) is 9.59 Å². The Labute approximate surface area is 144 Å². The number of amides is 3. The molecule has 3 amide bonds. The van der Waals surface area contributed by atoms with Crippen molar-refractivity contribution in [3.05, 3.63) is 12.1 Å². The lowest BCUT2D eigenvalue weighted by molar-refractivity contribution is -0.115. The fourth-order valence-electron chi connectivity index (χ4n) is 1.98. The van der Waals surface area contributed by atoms with E-state index < -0.39 is 0 Å². The summed E-state index contributed by atoms with van der Waals surface area (Å²) in [6.07, 6.45) is 1.24. The number of ether oxygens (including phenoxy) is 1. The van der Waals surface area contributed by atoms with Gasteiger partial charge in [0.1, 0.15) is 11.3 Å². The van der Waals surface area contributed by atoms with E-state index in [0.29, 0.717) is 28.5 Å². The summed E-state index contributed by atoms with van der Waals surface area (Å²) in [5, 5.41) is 8.89. The summed E-state index contributed by atoms with van der Waals surface area (Å²) in [5.74, 6) is 0.443. The molecule has 8 heteroatoms. The molecule has 2 rings (SSSR count). The van der Waals surface area contributed by atoms with E-state index >= 15 is 0 Å². The molecule has 1 heterocycles. The number of nitrogens with one attached hydrogen (secondary N) is 3. The number of aromatic nitrogens is 1. The Morgan fingerprint density at radius 3 is 2.67 bits per heavy atom. The molecular weight excluding hydrogens is 328 g/mol. The van der Waals surface area contributed by atoms with Crippen molar-refractivity contribution in [2.24, 2.45) is 0 Å². The third-order valence-electron chi connectivity index (χ3n) is 3.50. The number of nitrogens with zero attached hydrogens (tertiary/aromatic N) is 1. The number of carbonyl (C=O) groups excluding carboxylic acids is 2.